The topological polar surface area (TPSA) is 83.0 Å². The lowest BCUT2D eigenvalue weighted by atomic mass is 10.2. The van der Waals surface area contributed by atoms with Gasteiger partial charge in [0.2, 0.25) is 5.95 Å². The van der Waals surface area contributed by atoms with Gasteiger partial charge in [-0.25, -0.2) is 4.98 Å². The molecule has 140 valence electrons. The molecule has 0 aliphatic rings. The molecule has 0 bridgehead atoms. The Balaban J connectivity index is 1.89. The van der Waals surface area contributed by atoms with E-state index in [1.807, 2.05) is 6.07 Å². The highest BCUT2D eigenvalue weighted by Crippen LogP contribution is 2.30. The Hall–Kier alpha value is -3.20. The van der Waals surface area contributed by atoms with E-state index < -0.39 is 11.7 Å². The fourth-order valence-corrected chi connectivity index (χ4v) is 2.29. The summed E-state index contributed by atoms with van der Waals surface area (Å²) in [6.45, 7) is 0.157. The van der Waals surface area contributed by atoms with Gasteiger partial charge in [-0.2, -0.15) is 18.2 Å². The molecule has 0 amide bonds. The van der Waals surface area contributed by atoms with E-state index in [-0.39, 0.29) is 19.1 Å². The van der Waals surface area contributed by atoms with E-state index in [1.54, 1.807) is 24.4 Å². The molecule has 1 aromatic carbocycles. The summed E-state index contributed by atoms with van der Waals surface area (Å²) >= 11 is 0. The van der Waals surface area contributed by atoms with Gasteiger partial charge < -0.3 is 15.7 Å². The van der Waals surface area contributed by atoms with Crippen molar-refractivity contribution in [3.8, 4) is 11.4 Å². The van der Waals surface area contributed by atoms with Crippen molar-refractivity contribution >= 4 is 17.5 Å². The molecule has 0 unspecified atom stereocenters. The van der Waals surface area contributed by atoms with Crippen molar-refractivity contribution in [1.29, 1.82) is 0 Å². The maximum atomic E-state index is 12.7. The normalized spacial score (nSPS) is 11.3. The number of hydrogen-bond acceptors (Lipinski definition) is 6. The molecule has 3 rings (SSSR count). The summed E-state index contributed by atoms with van der Waals surface area (Å²) in [5.41, 5.74) is 0.861. The highest BCUT2D eigenvalue weighted by molar-refractivity contribution is 5.65. The van der Waals surface area contributed by atoms with Crippen LogP contribution in [0.4, 0.5) is 30.6 Å². The highest BCUT2D eigenvalue weighted by atomic mass is 19.4. The van der Waals surface area contributed by atoms with E-state index in [4.69, 9.17) is 5.11 Å². The monoisotopic (exact) mass is 375 g/mol. The largest absolute Gasteiger partial charge is 0.416 e. The first-order valence-corrected chi connectivity index (χ1v) is 8.05. The van der Waals surface area contributed by atoms with Crippen LogP contribution in [-0.2, 0) is 6.18 Å². The lowest BCUT2D eigenvalue weighted by Crippen LogP contribution is -2.10. The number of alkyl halides is 3. The van der Waals surface area contributed by atoms with Gasteiger partial charge in [0.25, 0.3) is 0 Å². The minimum absolute atomic E-state index is 0.0984. The molecule has 0 saturated heterocycles. The lowest BCUT2D eigenvalue weighted by molar-refractivity contribution is -0.137. The zero-order valence-corrected chi connectivity index (χ0v) is 14.0. The second-order valence-corrected chi connectivity index (χ2v) is 5.53. The van der Waals surface area contributed by atoms with Crippen LogP contribution >= 0.6 is 0 Å². The molecule has 6 nitrogen and oxygen atoms in total. The molecule has 3 N–H and O–H groups in total. The summed E-state index contributed by atoms with van der Waals surface area (Å²) in [6, 6.07) is 11.6. The molecule has 0 atom stereocenters. The van der Waals surface area contributed by atoms with Crippen molar-refractivity contribution < 1.29 is 18.3 Å². The Kier molecular flexibility index (Phi) is 5.51. The number of aliphatic hydroxyl groups excluding tert-OH is 1. The molecular weight excluding hydrogens is 359 g/mol. The standard InChI is InChI=1S/C18H16F3N5O/c19-18(20,21)12-4-6-13(7-5-12)24-16-11-15(14-3-1-2-8-22-14)25-17(26-16)23-9-10-27/h1-8,11,27H,9-10H2,(H2,23,24,25,26). The van der Waals surface area contributed by atoms with Gasteiger partial charge in [0.1, 0.15) is 5.82 Å². The minimum atomic E-state index is -4.39. The molecule has 2 aromatic heterocycles. The predicted molar refractivity (Wildman–Crippen MR) is 95.6 cm³/mol. The zero-order valence-electron chi connectivity index (χ0n) is 14.0. The third-order valence-corrected chi connectivity index (χ3v) is 3.53. The molecule has 9 heteroatoms. The number of anilines is 3. The zero-order chi connectivity index (χ0) is 19.3. The summed E-state index contributed by atoms with van der Waals surface area (Å²) in [5, 5.41) is 14.8. The molecule has 3 aromatic rings. The number of nitrogens with zero attached hydrogens (tertiary/aromatic N) is 3. The van der Waals surface area contributed by atoms with Crippen LogP contribution in [0.2, 0.25) is 0 Å². The maximum Gasteiger partial charge on any atom is 0.416 e. The Morgan fingerprint density at radius 1 is 0.963 bits per heavy atom. The fraction of sp³-hybridized carbons (Fsp3) is 0.167. The minimum Gasteiger partial charge on any atom is -0.395 e. The van der Waals surface area contributed by atoms with E-state index in [0.717, 1.165) is 12.1 Å². The van der Waals surface area contributed by atoms with Crippen LogP contribution in [0, 0.1) is 0 Å². The molecule has 0 aliphatic carbocycles. The van der Waals surface area contributed by atoms with E-state index in [1.165, 1.54) is 12.1 Å². The number of hydrogen-bond donors (Lipinski definition) is 3. The molecule has 0 saturated carbocycles. The molecule has 27 heavy (non-hydrogen) atoms. The van der Waals surface area contributed by atoms with E-state index in [0.29, 0.717) is 22.9 Å². The van der Waals surface area contributed by atoms with Crippen LogP contribution < -0.4 is 10.6 Å². The Morgan fingerprint density at radius 2 is 1.74 bits per heavy atom. The Bertz CT molecular complexity index is 886. The summed E-state index contributed by atoms with van der Waals surface area (Å²) in [5.74, 6) is 0.646. The van der Waals surface area contributed by atoms with Crippen molar-refractivity contribution in [2.45, 2.75) is 6.18 Å². The van der Waals surface area contributed by atoms with Gasteiger partial charge in [-0.3, -0.25) is 4.98 Å². The number of halogens is 3. The highest BCUT2D eigenvalue weighted by Gasteiger charge is 2.29. The Labute approximate surface area is 153 Å². The summed E-state index contributed by atoms with van der Waals surface area (Å²) in [6.07, 6.45) is -2.76. The van der Waals surface area contributed by atoms with Crippen molar-refractivity contribution in [1.82, 2.24) is 15.0 Å². The van der Waals surface area contributed by atoms with E-state index in [9.17, 15) is 13.2 Å². The number of pyridine rings is 1. The number of nitrogens with one attached hydrogen (secondary N) is 2. The molecular formula is C18H16F3N5O. The van der Waals surface area contributed by atoms with Gasteiger partial charge >= 0.3 is 6.18 Å². The van der Waals surface area contributed by atoms with Gasteiger partial charge in [0, 0.05) is 24.5 Å². The molecule has 0 fully saturated rings. The SMILES string of the molecule is OCCNc1nc(Nc2ccc(C(F)(F)F)cc2)cc(-c2ccccn2)n1. The smallest absolute Gasteiger partial charge is 0.395 e. The predicted octanol–water partition coefficient (Wildman–Crippen LogP) is 3.71. The first-order valence-electron chi connectivity index (χ1n) is 8.05. The van der Waals surface area contributed by atoms with Crippen molar-refractivity contribution in [2.24, 2.45) is 0 Å². The van der Waals surface area contributed by atoms with Gasteiger partial charge in [-0.15, -0.1) is 0 Å². The maximum absolute atomic E-state index is 12.7. The fourth-order valence-electron chi connectivity index (χ4n) is 2.29. The number of aliphatic hydroxyl groups is 1. The average molecular weight is 375 g/mol. The van der Waals surface area contributed by atoms with Gasteiger partial charge in [0.05, 0.1) is 23.6 Å². The van der Waals surface area contributed by atoms with Crippen LogP contribution in [0.1, 0.15) is 5.56 Å². The summed E-state index contributed by atoms with van der Waals surface area (Å²) < 4.78 is 38.0. The van der Waals surface area contributed by atoms with Crippen molar-refractivity contribution in [3.05, 3.63) is 60.3 Å². The van der Waals surface area contributed by atoms with Gasteiger partial charge in [0.15, 0.2) is 0 Å². The van der Waals surface area contributed by atoms with E-state index in [2.05, 4.69) is 25.6 Å². The first-order chi connectivity index (χ1) is 13.0. The second-order valence-electron chi connectivity index (χ2n) is 5.53. The second kappa shape index (κ2) is 8.00. The van der Waals surface area contributed by atoms with Crippen LogP contribution in [0.25, 0.3) is 11.4 Å². The molecule has 2 heterocycles. The third-order valence-electron chi connectivity index (χ3n) is 3.53. The Morgan fingerprint density at radius 3 is 2.37 bits per heavy atom. The summed E-state index contributed by atoms with van der Waals surface area (Å²) in [4.78, 5) is 12.8. The van der Waals surface area contributed by atoms with Crippen molar-refractivity contribution in [2.75, 3.05) is 23.8 Å². The summed E-state index contributed by atoms with van der Waals surface area (Å²) in [7, 11) is 0. The number of rotatable bonds is 6. The molecule has 0 aliphatic heterocycles. The van der Waals surface area contributed by atoms with E-state index >= 15 is 0 Å². The number of aromatic nitrogens is 3. The van der Waals surface area contributed by atoms with Crippen LogP contribution in [0.15, 0.2) is 54.7 Å². The first kappa shape index (κ1) is 18.6. The van der Waals surface area contributed by atoms with Crippen LogP contribution in [-0.4, -0.2) is 33.2 Å². The van der Waals surface area contributed by atoms with Crippen molar-refractivity contribution in [3.63, 3.8) is 0 Å². The average Bonchev–Trinajstić information content (AvgIpc) is 2.66. The number of benzene rings is 1. The quantitative estimate of drug-likeness (QED) is 0.609. The van der Waals surface area contributed by atoms with Crippen LogP contribution in [0.5, 0.6) is 0 Å². The van der Waals surface area contributed by atoms with Gasteiger partial charge in [-0.05, 0) is 36.4 Å². The van der Waals surface area contributed by atoms with Gasteiger partial charge in [-0.1, -0.05) is 6.07 Å². The third kappa shape index (κ3) is 4.91. The van der Waals surface area contributed by atoms with Crippen LogP contribution in [0.3, 0.4) is 0 Å². The molecule has 0 spiro atoms. The molecule has 0 radical (unpaired) electrons. The lowest BCUT2D eigenvalue weighted by Gasteiger charge is -2.12.